The van der Waals surface area contributed by atoms with E-state index in [1.807, 2.05) is 0 Å². The molecule has 0 spiro atoms. The lowest BCUT2D eigenvalue weighted by Gasteiger charge is -2.77. The summed E-state index contributed by atoms with van der Waals surface area (Å²) in [6, 6.07) is 0. The molecule has 4 fully saturated rings. The van der Waals surface area contributed by atoms with Gasteiger partial charge in [-0.3, -0.25) is 0 Å². The van der Waals surface area contributed by atoms with E-state index < -0.39 is 0 Å². The molecule has 4 aliphatic rings. The second kappa shape index (κ2) is 7.62. The minimum atomic E-state index is 0.372. The van der Waals surface area contributed by atoms with Gasteiger partial charge in [-0.15, -0.1) is 0 Å². The van der Waals surface area contributed by atoms with Crippen LogP contribution in [-0.4, -0.2) is 0 Å². The zero-order chi connectivity index (χ0) is 24.1. The van der Waals surface area contributed by atoms with E-state index in [2.05, 4.69) is 89.7 Å². The van der Waals surface area contributed by atoms with Crippen LogP contribution in [0.1, 0.15) is 102 Å². The maximum absolute atomic E-state index is 4.51. The van der Waals surface area contributed by atoms with Gasteiger partial charge >= 0.3 is 0 Å². The van der Waals surface area contributed by atoms with Crippen molar-refractivity contribution in [2.75, 3.05) is 0 Å². The first-order valence-electron chi connectivity index (χ1n) is 14.3. The molecule has 4 rings (SSSR count). The molecule has 0 aliphatic heterocycles. The van der Waals surface area contributed by atoms with Gasteiger partial charge in [-0.1, -0.05) is 101 Å². The number of hydrogen-bond acceptors (Lipinski definition) is 0. The van der Waals surface area contributed by atoms with Crippen LogP contribution in [0.2, 0.25) is 0 Å². The molecule has 184 valence electrons. The molecule has 15 unspecified atom stereocenters. The molecule has 0 bridgehead atoms. The van der Waals surface area contributed by atoms with Crippen LogP contribution in [-0.2, 0) is 0 Å². The van der Waals surface area contributed by atoms with Gasteiger partial charge in [0.1, 0.15) is 0 Å². The molecule has 15 atom stereocenters. The third kappa shape index (κ3) is 2.74. The van der Waals surface area contributed by atoms with Crippen LogP contribution < -0.4 is 0 Å². The Morgan fingerprint density at radius 2 is 1.25 bits per heavy atom. The first kappa shape index (κ1) is 24.9. The highest BCUT2D eigenvalue weighted by Crippen LogP contribution is 2.78. The van der Waals surface area contributed by atoms with Crippen LogP contribution in [0.4, 0.5) is 0 Å². The van der Waals surface area contributed by atoms with E-state index in [9.17, 15) is 0 Å². The Labute approximate surface area is 201 Å². The summed E-state index contributed by atoms with van der Waals surface area (Å²) in [4.78, 5) is 0. The maximum Gasteiger partial charge on any atom is -0.0152 e. The maximum atomic E-state index is 4.51. The van der Waals surface area contributed by atoms with Gasteiger partial charge in [-0.2, -0.15) is 0 Å². The summed E-state index contributed by atoms with van der Waals surface area (Å²) in [7, 11) is 0. The highest BCUT2D eigenvalue weighted by atomic mass is 14.8. The first-order chi connectivity index (χ1) is 14.7. The third-order valence-corrected chi connectivity index (χ3v) is 14.3. The van der Waals surface area contributed by atoms with E-state index in [0.29, 0.717) is 28.1 Å². The monoisotopic (exact) mass is 440 g/mol. The molecule has 0 heterocycles. The summed E-state index contributed by atoms with van der Waals surface area (Å²) < 4.78 is 0. The summed E-state index contributed by atoms with van der Waals surface area (Å²) in [6.45, 7) is 36.2. The Morgan fingerprint density at radius 1 is 0.719 bits per heavy atom. The minimum Gasteiger partial charge on any atom is -0.0998 e. The molecular formula is C32H56. The fraction of sp³-hybridized carbons (Fsp3) is 0.938. The van der Waals surface area contributed by atoms with Crippen LogP contribution in [0.5, 0.6) is 0 Å². The van der Waals surface area contributed by atoms with E-state index >= 15 is 0 Å². The largest absolute Gasteiger partial charge is 0.0998 e. The summed E-state index contributed by atoms with van der Waals surface area (Å²) in [5, 5.41) is 0. The Bertz CT molecular complexity index is 749. The average molecular weight is 441 g/mol. The highest BCUT2D eigenvalue weighted by Gasteiger charge is 2.72. The van der Waals surface area contributed by atoms with Crippen LogP contribution in [0, 0.1) is 87.3 Å². The summed E-state index contributed by atoms with van der Waals surface area (Å²) >= 11 is 0. The van der Waals surface area contributed by atoms with Gasteiger partial charge in [0.2, 0.25) is 0 Å². The van der Waals surface area contributed by atoms with Crippen LogP contribution in [0.15, 0.2) is 12.2 Å². The molecule has 0 nitrogen and oxygen atoms in total. The third-order valence-electron chi connectivity index (χ3n) is 14.3. The van der Waals surface area contributed by atoms with Crippen molar-refractivity contribution in [3.05, 3.63) is 12.2 Å². The molecule has 0 N–H and O–H groups in total. The number of allylic oxidation sites excluding steroid dienone is 1. The van der Waals surface area contributed by atoms with E-state index in [1.54, 1.807) is 0 Å². The number of hydrogen-bond donors (Lipinski definition) is 0. The van der Waals surface area contributed by atoms with Crippen molar-refractivity contribution in [2.45, 2.75) is 102 Å². The smallest absolute Gasteiger partial charge is 0.0152 e. The van der Waals surface area contributed by atoms with Gasteiger partial charge in [-0.05, 0) is 101 Å². The lowest BCUT2D eigenvalue weighted by atomic mass is 9.28. The molecule has 4 aliphatic carbocycles. The van der Waals surface area contributed by atoms with Crippen molar-refractivity contribution in [3.63, 3.8) is 0 Å². The number of fused-ring (bicyclic) bond motifs is 3. The lowest BCUT2D eigenvalue weighted by molar-refractivity contribution is -0.289. The van der Waals surface area contributed by atoms with Gasteiger partial charge < -0.3 is 0 Å². The second-order valence-electron chi connectivity index (χ2n) is 14.8. The summed E-state index contributed by atoms with van der Waals surface area (Å²) in [6.07, 6.45) is 4.28. The van der Waals surface area contributed by atoms with Gasteiger partial charge in [-0.25, -0.2) is 0 Å². The minimum absolute atomic E-state index is 0.372. The molecule has 0 aromatic carbocycles. The Morgan fingerprint density at radius 3 is 1.78 bits per heavy atom. The zero-order valence-electron chi connectivity index (χ0n) is 23.8. The van der Waals surface area contributed by atoms with Gasteiger partial charge in [0.05, 0.1) is 0 Å². The normalized spacial score (nSPS) is 62.5. The van der Waals surface area contributed by atoms with Crippen molar-refractivity contribution in [1.82, 2.24) is 0 Å². The molecule has 0 amide bonds. The summed E-state index contributed by atoms with van der Waals surface area (Å²) in [5.41, 5.74) is 2.64. The molecule has 0 saturated heterocycles. The van der Waals surface area contributed by atoms with E-state index in [0.717, 1.165) is 59.2 Å². The zero-order valence-corrected chi connectivity index (χ0v) is 23.8. The average Bonchev–Trinajstić information content (AvgIpc) is 2.70. The van der Waals surface area contributed by atoms with Crippen LogP contribution in [0.25, 0.3) is 0 Å². The molecule has 0 aromatic rings. The van der Waals surface area contributed by atoms with Crippen molar-refractivity contribution >= 4 is 0 Å². The van der Waals surface area contributed by atoms with Crippen LogP contribution >= 0.6 is 0 Å². The summed E-state index contributed by atoms with van der Waals surface area (Å²) in [5.74, 6) is 9.78. The Hall–Kier alpha value is -0.260. The van der Waals surface area contributed by atoms with Crippen LogP contribution in [0.3, 0.4) is 0 Å². The SMILES string of the molecule is C=C(C)C1C(C)CC2(C)C(C)C3(C)C(C)C4C(C)CCC(C)C4C(C)C3C(C)C2(C)C1C. The quantitative estimate of drug-likeness (QED) is 0.356. The standard InChI is InChI=1S/C32H56/c1-17(2)26-20(5)16-30(11)25(10)31(12)22(7)28-19(4)15-14-18(3)27(28)21(6)29(31)24(9)32(30,13)23(26)8/h18-29H,1,14-16H2,2-13H3. The molecule has 0 radical (unpaired) electrons. The van der Waals surface area contributed by atoms with Gasteiger partial charge in [0.25, 0.3) is 0 Å². The fourth-order valence-corrected chi connectivity index (χ4v) is 12.5. The predicted molar refractivity (Wildman–Crippen MR) is 140 cm³/mol. The second-order valence-corrected chi connectivity index (χ2v) is 14.8. The van der Waals surface area contributed by atoms with Crippen molar-refractivity contribution in [3.8, 4) is 0 Å². The Kier molecular flexibility index (Phi) is 5.92. The molecule has 32 heavy (non-hydrogen) atoms. The molecular weight excluding hydrogens is 384 g/mol. The lowest BCUT2D eigenvalue weighted by Crippen LogP contribution is -2.72. The molecule has 4 saturated carbocycles. The predicted octanol–water partition coefficient (Wildman–Crippen LogP) is 9.36. The first-order valence-corrected chi connectivity index (χ1v) is 14.3. The van der Waals surface area contributed by atoms with E-state index in [1.165, 1.54) is 24.8 Å². The van der Waals surface area contributed by atoms with Crippen molar-refractivity contribution in [1.29, 1.82) is 0 Å². The molecule has 0 heteroatoms. The van der Waals surface area contributed by atoms with E-state index in [-0.39, 0.29) is 0 Å². The van der Waals surface area contributed by atoms with Gasteiger partial charge in [0, 0.05) is 0 Å². The highest BCUT2D eigenvalue weighted by molar-refractivity contribution is 5.22. The molecule has 0 aromatic heterocycles. The van der Waals surface area contributed by atoms with E-state index in [4.69, 9.17) is 0 Å². The topological polar surface area (TPSA) is 0 Å². The van der Waals surface area contributed by atoms with Crippen molar-refractivity contribution in [2.24, 2.45) is 87.3 Å². The Balaban J connectivity index is 1.89. The van der Waals surface area contributed by atoms with Crippen molar-refractivity contribution < 1.29 is 0 Å². The number of rotatable bonds is 1. The van der Waals surface area contributed by atoms with Gasteiger partial charge in [0.15, 0.2) is 0 Å². The fourth-order valence-electron chi connectivity index (χ4n) is 12.5.